The van der Waals surface area contributed by atoms with Gasteiger partial charge in [0.05, 0.1) is 5.52 Å². The zero-order valence-electron chi connectivity index (χ0n) is 10.8. The molecule has 0 saturated carbocycles. The molecule has 1 aromatic heterocycles. The van der Waals surface area contributed by atoms with Crippen molar-refractivity contribution in [3.8, 4) is 0 Å². The highest BCUT2D eigenvalue weighted by Gasteiger charge is 2.12. The van der Waals surface area contributed by atoms with Crippen molar-refractivity contribution in [3.05, 3.63) is 71.7 Å². The molecule has 1 heterocycles. The number of hydrogen-bond donors (Lipinski definition) is 0. The van der Waals surface area contributed by atoms with E-state index in [1.54, 1.807) is 12.3 Å². The van der Waals surface area contributed by atoms with Crippen LogP contribution in [0, 0.1) is 11.6 Å². The van der Waals surface area contributed by atoms with E-state index >= 15 is 0 Å². The first-order chi connectivity index (χ1) is 9.65. The van der Waals surface area contributed by atoms with E-state index in [9.17, 15) is 8.78 Å². The van der Waals surface area contributed by atoms with Gasteiger partial charge in [-0.1, -0.05) is 19.1 Å². The van der Waals surface area contributed by atoms with Gasteiger partial charge >= 0.3 is 0 Å². The summed E-state index contributed by atoms with van der Waals surface area (Å²) in [5.74, 6) is -1.68. The predicted octanol–water partition coefficient (Wildman–Crippen LogP) is 4.06. The summed E-state index contributed by atoms with van der Waals surface area (Å²) in [5, 5.41) is 0.930. The summed E-state index contributed by atoms with van der Waals surface area (Å²) in [6, 6.07) is 9.83. The molecule has 0 radical (unpaired) electrons. The van der Waals surface area contributed by atoms with E-state index in [-0.39, 0.29) is 5.92 Å². The monoisotopic (exact) mass is 270 g/mol. The standard InChI is InChI=1S/C16H12F2N2/c1-10(12-2-4-14(17)15(18)7-12)11-3-5-16-13(6-11)8-19-9-20-16/h2-10H,1H3. The topological polar surface area (TPSA) is 25.8 Å². The van der Waals surface area contributed by atoms with Gasteiger partial charge in [-0.25, -0.2) is 18.7 Å². The smallest absolute Gasteiger partial charge is 0.159 e. The van der Waals surface area contributed by atoms with Crippen LogP contribution in [0.1, 0.15) is 24.0 Å². The van der Waals surface area contributed by atoms with Crippen molar-refractivity contribution >= 4 is 10.9 Å². The van der Waals surface area contributed by atoms with Crippen LogP contribution in [-0.2, 0) is 0 Å². The highest BCUT2D eigenvalue weighted by molar-refractivity contribution is 5.78. The molecule has 3 aromatic rings. The maximum Gasteiger partial charge on any atom is 0.159 e. The van der Waals surface area contributed by atoms with Crippen LogP contribution in [0.5, 0.6) is 0 Å². The van der Waals surface area contributed by atoms with Crippen molar-refractivity contribution in [1.29, 1.82) is 0 Å². The van der Waals surface area contributed by atoms with Crippen molar-refractivity contribution in [3.63, 3.8) is 0 Å². The Hall–Kier alpha value is -2.36. The number of halogens is 2. The van der Waals surface area contributed by atoms with Gasteiger partial charge in [0.15, 0.2) is 11.6 Å². The maximum atomic E-state index is 13.3. The first-order valence-corrected chi connectivity index (χ1v) is 6.30. The van der Waals surface area contributed by atoms with Crippen LogP contribution in [-0.4, -0.2) is 9.97 Å². The molecule has 3 rings (SSSR count). The molecule has 0 bridgehead atoms. The Morgan fingerprint density at radius 1 is 0.950 bits per heavy atom. The molecular weight excluding hydrogens is 258 g/mol. The Bertz CT molecular complexity index is 771. The van der Waals surface area contributed by atoms with Gasteiger partial charge in [-0.3, -0.25) is 0 Å². The lowest BCUT2D eigenvalue weighted by Crippen LogP contribution is -1.98. The summed E-state index contributed by atoms with van der Waals surface area (Å²) in [4.78, 5) is 8.15. The van der Waals surface area contributed by atoms with Crippen molar-refractivity contribution in [2.75, 3.05) is 0 Å². The van der Waals surface area contributed by atoms with Crippen LogP contribution in [0.25, 0.3) is 10.9 Å². The number of benzene rings is 2. The zero-order valence-corrected chi connectivity index (χ0v) is 10.8. The Morgan fingerprint density at radius 2 is 1.70 bits per heavy atom. The number of hydrogen-bond acceptors (Lipinski definition) is 2. The van der Waals surface area contributed by atoms with Gasteiger partial charge in [-0.15, -0.1) is 0 Å². The molecule has 100 valence electrons. The lowest BCUT2D eigenvalue weighted by Gasteiger charge is -2.13. The second-order valence-corrected chi connectivity index (χ2v) is 4.74. The SMILES string of the molecule is CC(c1ccc(F)c(F)c1)c1ccc2ncncc2c1. The van der Waals surface area contributed by atoms with Gasteiger partial charge in [0.25, 0.3) is 0 Å². The minimum absolute atomic E-state index is 0.0327. The normalized spacial score (nSPS) is 12.6. The lowest BCUT2D eigenvalue weighted by atomic mass is 9.92. The van der Waals surface area contributed by atoms with Crippen molar-refractivity contribution in [1.82, 2.24) is 9.97 Å². The van der Waals surface area contributed by atoms with E-state index in [4.69, 9.17) is 0 Å². The van der Waals surface area contributed by atoms with Crippen LogP contribution >= 0.6 is 0 Å². The fraction of sp³-hybridized carbons (Fsp3) is 0.125. The number of aromatic nitrogens is 2. The lowest BCUT2D eigenvalue weighted by molar-refractivity contribution is 0.506. The molecule has 0 aliphatic rings. The minimum atomic E-state index is -0.826. The Morgan fingerprint density at radius 3 is 2.50 bits per heavy atom. The van der Waals surface area contributed by atoms with Gasteiger partial charge < -0.3 is 0 Å². The summed E-state index contributed by atoms with van der Waals surface area (Å²) >= 11 is 0. The van der Waals surface area contributed by atoms with E-state index < -0.39 is 11.6 Å². The van der Waals surface area contributed by atoms with Crippen LogP contribution in [0.2, 0.25) is 0 Å². The molecule has 0 fully saturated rings. The number of nitrogens with zero attached hydrogens (tertiary/aromatic N) is 2. The van der Waals surface area contributed by atoms with Crippen LogP contribution < -0.4 is 0 Å². The summed E-state index contributed by atoms with van der Waals surface area (Å²) in [6.07, 6.45) is 3.24. The van der Waals surface area contributed by atoms with Gasteiger partial charge in [0.1, 0.15) is 6.33 Å². The second-order valence-electron chi connectivity index (χ2n) is 4.74. The molecule has 1 unspecified atom stereocenters. The first kappa shape index (κ1) is 12.7. The fourth-order valence-electron chi connectivity index (χ4n) is 2.25. The van der Waals surface area contributed by atoms with E-state index in [2.05, 4.69) is 9.97 Å². The summed E-state index contributed by atoms with van der Waals surface area (Å²) < 4.78 is 26.3. The Labute approximate surface area is 115 Å². The van der Waals surface area contributed by atoms with E-state index in [1.165, 1.54) is 12.4 Å². The summed E-state index contributed by atoms with van der Waals surface area (Å²) in [5.41, 5.74) is 2.61. The molecular formula is C16H12F2N2. The van der Waals surface area contributed by atoms with Gasteiger partial charge in [0, 0.05) is 17.5 Å². The first-order valence-electron chi connectivity index (χ1n) is 6.30. The third-order valence-electron chi connectivity index (χ3n) is 3.47. The fourth-order valence-corrected chi connectivity index (χ4v) is 2.25. The molecule has 0 aliphatic heterocycles. The van der Waals surface area contributed by atoms with E-state index in [0.717, 1.165) is 28.1 Å². The van der Waals surface area contributed by atoms with Crippen LogP contribution in [0.15, 0.2) is 48.9 Å². The molecule has 0 aliphatic carbocycles. The van der Waals surface area contributed by atoms with Crippen molar-refractivity contribution in [2.24, 2.45) is 0 Å². The quantitative estimate of drug-likeness (QED) is 0.701. The summed E-state index contributed by atoms with van der Waals surface area (Å²) in [7, 11) is 0. The van der Waals surface area contributed by atoms with Gasteiger partial charge in [0.2, 0.25) is 0 Å². The van der Waals surface area contributed by atoms with Crippen LogP contribution in [0.4, 0.5) is 8.78 Å². The predicted molar refractivity (Wildman–Crippen MR) is 73.4 cm³/mol. The number of rotatable bonds is 2. The van der Waals surface area contributed by atoms with Crippen molar-refractivity contribution < 1.29 is 8.78 Å². The maximum absolute atomic E-state index is 13.3. The van der Waals surface area contributed by atoms with E-state index in [1.807, 2.05) is 25.1 Å². The highest BCUT2D eigenvalue weighted by Crippen LogP contribution is 2.27. The second kappa shape index (κ2) is 4.96. The molecule has 0 spiro atoms. The Balaban J connectivity index is 2.02. The van der Waals surface area contributed by atoms with Crippen molar-refractivity contribution in [2.45, 2.75) is 12.8 Å². The molecule has 2 nitrogen and oxygen atoms in total. The molecule has 0 N–H and O–H groups in total. The molecule has 0 amide bonds. The van der Waals surface area contributed by atoms with Crippen LogP contribution in [0.3, 0.4) is 0 Å². The molecule has 4 heteroatoms. The third kappa shape index (κ3) is 2.25. The average Bonchev–Trinajstić information content (AvgIpc) is 2.49. The van der Waals surface area contributed by atoms with Gasteiger partial charge in [-0.2, -0.15) is 0 Å². The zero-order chi connectivity index (χ0) is 14.1. The largest absolute Gasteiger partial charge is 0.244 e. The third-order valence-corrected chi connectivity index (χ3v) is 3.47. The Kier molecular flexibility index (Phi) is 3.14. The molecule has 20 heavy (non-hydrogen) atoms. The molecule has 2 aromatic carbocycles. The average molecular weight is 270 g/mol. The highest BCUT2D eigenvalue weighted by atomic mass is 19.2. The number of fused-ring (bicyclic) bond motifs is 1. The van der Waals surface area contributed by atoms with E-state index in [0.29, 0.717) is 0 Å². The molecule has 0 saturated heterocycles. The van der Waals surface area contributed by atoms with Gasteiger partial charge in [-0.05, 0) is 35.4 Å². The minimum Gasteiger partial charge on any atom is -0.244 e. The summed E-state index contributed by atoms with van der Waals surface area (Å²) in [6.45, 7) is 1.96. The molecule has 1 atom stereocenters.